The fourth-order valence-corrected chi connectivity index (χ4v) is 16.7. The van der Waals surface area contributed by atoms with Crippen LogP contribution < -0.4 is 10.4 Å². The van der Waals surface area contributed by atoms with Crippen molar-refractivity contribution in [2.24, 2.45) is 34.5 Å². The lowest BCUT2D eigenvalue weighted by Crippen LogP contribution is -2.70. The maximum atomic E-state index is 13.7. The second kappa shape index (κ2) is 11.1. The molecular formula is C38H56O3Si2. The molecule has 2 aromatic carbocycles. The minimum Gasteiger partial charge on any atom is -0.414 e. The lowest BCUT2D eigenvalue weighted by molar-refractivity contribution is -0.182. The number of carbonyl (C=O) groups is 1. The predicted octanol–water partition coefficient (Wildman–Crippen LogP) is 8.37. The summed E-state index contributed by atoms with van der Waals surface area (Å²) in [5, 5.41) is 2.72. The van der Waals surface area contributed by atoms with Crippen LogP contribution in [0.15, 0.2) is 60.7 Å². The highest BCUT2D eigenvalue weighted by Gasteiger charge is 2.66. The molecule has 0 radical (unpaired) electrons. The number of hydrogen-bond donors (Lipinski definition) is 0. The molecule has 0 N–H and O–H groups in total. The monoisotopic (exact) mass is 616 g/mol. The number of ketones is 1. The Kier molecular flexibility index (Phi) is 8.09. The minimum atomic E-state index is -2.70. The van der Waals surface area contributed by atoms with E-state index in [0.29, 0.717) is 29.5 Å². The number of carbonyl (C=O) groups excluding carboxylic acids is 1. The molecule has 0 spiro atoms. The summed E-state index contributed by atoms with van der Waals surface area (Å²) in [5.74, 6) is 2.69. The van der Waals surface area contributed by atoms with Gasteiger partial charge in [-0.15, -0.1) is 0 Å². The van der Waals surface area contributed by atoms with Gasteiger partial charge in [0, 0.05) is 6.42 Å². The average Bonchev–Trinajstić information content (AvgIpc) is 3.27. The molecule has 4 aliphatic carbocycles. The molecule has 4 saturated carbocycles. The number of fused-ring (bicyclic) bond motifs is 5. The van der Waals surface area contributed by atoms with Crippen LogP contribution in [0, 0.1) is 34.5 Å². The molecule has 0 saturated heterocycles. The lowest BCUT2D eigenvalue weighted by Gasteiger charge is -2.64. The quantitative estimate of drug-likeness (QED) is 0.306. The Labute approximate surface area is 263 Å². The first-order chi connectivity index (χ1) is 20.2. The van der Waals surface area contributed by atoms with E-state index in [0.717, 1.165) is 25.7 Å². The van der Waals surface area contributed by atoms with Crippen molar-refractivity contribution in [3.8, 4) is 0 Å². The van der Waals surface area contributed by atoms with Crippen LogP contribution in [0.2, 0.25) is 24.7 Å². The topological polar surface area (TPSA) is 35.5 Å². The fraction of sp³-hybridized carbons (Fsp3) is 0.658. The highest BCUT2D eigenvalue weighted by atomic mass is 28.4. The van der Waals surface area contributed by atoms with E-state index >= 15 is 0 Å². The molecule has 5 heteroatoms. The van der Waals surface area contributed by atoms with Crippen LogP contribution in [0.1, 0.15) is 86.0 Å². The number of Topliss-reactive ketones (excluding diaryl/α,β-unsaturated/α-hetero) is 1. The molecule has 234 valence electrons. The molecule has 0 bridgehead atoms. The molecule has 1 unspecified atom stereocenters. The van der Waals surface area contributed by atoms with Crippen molar-refractivity contribution >= 4 is 32.8 Å². The van der Waals surface area contributed by atoms with Gasteiger partial charge in [0.1, 0.15) is 5.78 Å². The maximum absolute atomic E-state index is 13.7. The minimum absolute atomic E-state index is 0.0337. The van der Waals surface area contributed by atoms with Gasteiger partial charge in [0.25, 0.3) is 8.32 Å². The second-order valence-electron chi connectivity index (χ2n) is 16.9. The summed E-state index contributed by atoms with van der Waals surface area (Å²) >= 11 is 0. The Morgan fingerprint density at radius 3 is 1.91 bits per heavy atom. The molecular weight excluding hydrogens is 561 g/mol. The number of hydrogen-bond acceptors (Lipinski definition) is 3. The van der Waals surface area contributed by atoms with Crippen molar-refractivity contribution < 1.29 is 13.6 Å². The third kappa shape index (κ3) is 5.00. The van der Waals surface area contributed by atoms with Crippen molar-refractivity contribution in [2.75, 3.05) is 0 Å². The second-order valence-corrected chi connectivity index (χ2v) is 25.6. The molecule has 6 rings (SSSR count). The Bertz CT molecular complexity index is 1260. The lowest BCUT2D eigenvalue weighted by atomic mass is 9.44. The molecule has 43 heavy (non-hydrogen) atoms. The molecule has 3 nitrogen and oxygen atoms in total. The Morgan fingerprint density at radius 2 is 1.35 bits per heavy atom. The third-order valence-electron chi connectivity index (χ3n) is 12.7. The van der Waals surface area contributed by atoms with Gasteiger partial charge in [0.2, 0.25) is 0 Å². The zero-order valence-corrected chi connectivity index (χ0v) is 30.1. The largest absolute Gasteiger partial charge is 0.414 e. The van der Waals surface area contributed by atoms with E-state index in [-0.39, 0.29) is 28.1 Å². The summed E-state index contributed by atoms with van der Waals surface area (Å²) in [6.45, 7) is 19.1. The first kappa shape index (κ1) is 31.4. The highest BCUT2D eigenvalue weighted by Crippen LogP contribution is 2.67. The summed E-state index contributed by atoms with van der Waals surface area (Å²) in [5.41, 5.74) is -0.254. The van der Waals surface area contributed by atoms with Gasteiger partial charge in [-0.05, 0) is 110 Å². The number of benzene rings is 2. The van der Waals surface area contributed by atoms with Crippen LogP contribution in [-0.2, 0) is 13.6 Å². The van der Waals surface area contributed by atoms with Crippen LogP contribution >= 0.6 is 0 Å². The Hall–Kier alpha value is -1.54. The summed E-state index contributed by atoms with van der Waals surface area (Å²) in [6, 6.07) is 22.4. The average molecular weight is 617 g/mol. The molecule has 0 aromatic heterocycles. The van der Waals surface area contributed by atoms with Crippen molar-refractivity contribution in [1.29, 1.82) is 0 Å². The van der Waals surface area contributed by atoms with Crippen molar-refractivity contribution in [3.63, 3.8) is 0 Å². The molecule has 2 aromatic rings. The third-order valence-corrected chi connectivity index (χ3v) is 18.7. The van der Waals surface area contributed by atoms with Crippen molar-refractivity contribution in [1.82, 2.24) is 0 Å². The van der Waals surface area contributed by atoms with E-state index in [9.17, 15) is 4.79 Å². The highest BCUT2D eigenvalue weighted by molar-refractivity contribution is 6.99. The maximum Gasteiger partial charge on any atom is 0.261 e. The van der Waals surface area contributed by atoms with Crippen LogP contribution in [0.4, 0.5) is 0 Å². The molecule has 4 fully saturated rings. The normalized spacial score (nSPS) is 36.5. The molecule has 4 aliphatic rings. The Balaban J connectivity index is 1.47. The van der Waals surface area contributed by atoms with E-state index in [1.165, 1.54) is 36.1 Å². The fourth-order valence-electron chi connectivity index (χ4n) is 10.7. The zero-order valence-electron chi connectivity index (χ0n) is 28.1. The van der Waals surface area contributed by atoms with E-state index in [1.807, 2.05) is 0 Å². The summed E-state index contributed by atoms with van der Waals surface area (Å²) in [4.78, 5) is 13.7. The van der Waals surface area contributed by atoms with E-state index in [2.05, 4.69) is 115 Å². The van der Waals surface area contributed by atoms with Crippen molar-refractivity contribution in [3.05, 3.63) is 60.7 Å². The first-order valence-electron chi connectivity index (χ1n) is 17.2. The van der Waals surface area contributed by atoms with Crippen LogP contribution in [0.3, 0.4) is 0 Å². The molecule has 8 atom stereocenters. The van der Waals surface area contributed by atoms with Crippen molar-refractivity contribution in [2.45, 2.75) is 123 Å². The SMILES string of the molecule is CC(C)(C)[Si](OC1CCC[C@H]2CC[C@H]3[C@@H]4CCC(=O)[C@@]4(C)[C@@H](O[Si](C)(C)C)C[C@@H]3[C@@]12C)(c1ccccc1)c1ccccc1. The number of rotatable bonds is 6. The van der Waals surface area contributed by atoms with Gasteiger partial charge in [0.05, 0.1) is 17.6 Å². The standard InChI is InChI=1S/C38H56O3Si2/c1-36(2,3)43(28-17-11-9-12-18-28,29-19-13-10-14-20-29)41-34-21-15-16-27-22-23-30-31-24-25-33(39)38(31,5)35(40-42(6,7)8)26-32(30)37(27,34)4/h9-14,17-20,27,30-32,34-35H,15-16,21-26H2,1-8H3/t27-,30-,31-,32-,34?,35-,37-,38-/m0/s1. The predicted molar refractivity (Wildman–Crippen MR) is 183 cm³/mol. The van der Waals surface area contributed by atoms with E-state index < -0.39 is 16.6 Å². The zero-order chi connectivity index (χ0) is 30.8. The first-order valence-corrected chi connectivity index (χ1v) is 22.5. The van der Waals surface area contributed by atoms with E-state index in [1.54, 1.807) is 0 Å². The molecule has 0 amide bonds. The summed E-state index contributed by atoms with van der Waals surface area (Å²) in [6.07, 6.45) is 9.24. The smallest absolute Gasteiger partial charge is 0.261 e. The van der Waals surface area contributed by atoms with Gasteiger partial charge in [-0.25, -0.2) is 0 Å². The molecule has 0 heterocycles. The van der Waals surface area contributed by atoms with Crippen LogP contribution in [0.5, 0.6) is 0 Å². The van der Waals surface area contributed by atoms with Gasteiger partial charge in [-0.3, -0.25) is 4.79 Å². The molecule has 0 aliphatic heterocycles. The van der Waals surface area contributed by atoms with Crippen LogP contribution in [0.25, 0.3) is 0 Å². The Morgan fingerprint density at radius 1 is 0.744 bits per heavy atom. The van der Waals surface area contributed by atoms with E-state index in [4.69, 9.17) is 8.85 Å². The van der Waals surface area contributed by atoms with Crippen LogP contribution in [-0.4, -0.2) is 34.6 Å². The van der Waals surface area contributed by atoms with Gasteiger partial charge in [0.15, 0.2) is 8.32 Å². The summed E-state index contributed by atoms with van der Waals surface area (Å²) < 4.78 is 15.1. The summed E-state index contributed by atoms with van der Waals surface area (Å²) in [7, 11) is -4.55. The van der Waals surface area contributed by atoms with Gasteiger partial charge in [-0.1, -0.05) is 94.8 Å². The van der Waals surface area contributed by atoms with Gasteiger partial charge in [-0.2, -0.15) is 0 Å². The van der Waals surface area contributed by atoms with Gasteiger partial charge >= 0.3 is 0 Å². The van der Waals surface area contributed by atoms with Gasteiger partial charge < -0.3 is 8.85 Å².